The van der Waals surface area contributed by atoms with E-state index in [0.717, 1.165) is 44.2 Å². The molecule has 0 N–H and O–H groups in total. The van der Waals surface area contributed by atoms with E-state index in [4.69, 9.17) is 4.52 Å². The zero-order chi connectivity index (χ0) is 17.9. The number of hydrogen-bond acceptors (Lipinski definition) is 7. The van der Waals surface area contributed by atoms with Gasteiger partial charge in [-0.1, -0.05) is 25.9 Å². The number of anilines is 1. The van der Waals surface area contributed by atoms with Crippen molar-refractivity contribution >= 4 is 5.82 Å². The summed E-state index contributed by atoms with van der Waals surface area (Å²) in [5.41, 5.74) is 0.497. The first-order valence-corrected chi connectivity index (χ1v) is 8.63. The van der Waals surface area contributed by atoms with Gasteiger partial charge in [-0.25, -0.2) is 4.98 Å². The van der Waals surface area contributed by atoms with Crippen LogP contribution in [0, 0.1) is 11.3 Å². The summed E-state index contributed by atoms with van der Waals surface area (Å²) in [5, 5.41) is 13.4. The molecule has 25 heavy (non-hydrogen) atoms. The van der Waals surface area contributed by atoms with Gasteiger partial charge in [0, 0.05) is 37.8 Å². The average molecular weight is 340 g/mol. The Morgan fingerprint density at radius 3 is 2.80 bits per heavy atom. The monoisotopic (exact) mass is 340 g/mol. The molecule has 0 amide bonds. The van der Waals surface area contributed by atoms with E-state index in [0.29, 0.717) is 18.0 Å². The molecule has 3 rings (SSSR count). The second-order valence-electron chi connectivity index (χ2n) is 7.37. The molecule has 1 aliphatic heterocycles. The third-order valence-corrected chi connectivity index (χ3v) is 4.27. The van der Waals surface area contributed by atoms with Crippen molar-refractivity contribution in [3.63, 3.8) is 0 Å². The minimum Gasteiger partial charge on any atom is -0.354 e. The van der Waals surface area contributed by atoms with Crippen LogP contribution in [0.5, 0.6) is 0 Å². The van der Waals surface area contributed by atoms with E-state index in [1.807, 2.05) is 6.07 Å². The van der Waals surface area contributed by atoms with Crippen LogP contribution in [0.25, 0.3) is 0 Å². The fourth-order valence-electron chi connectivity index (χ4n) is 2.90. The molecule has 0 bridgehead atoms. The number of nitrogens with zero attached hydrogens (tertiary/aromatic N) is 6. The molecule has 1 fully saturated rings. The second-order valence-corrected chi connectivity index (χ2v) is 7.37. The van der Waals surface area contributed by atoms with Gasteiger partial charge < -0.3 is 9.42 Å². The van der Waals surface area contributed by atoms with Crippen LogP contribution in [0.3, 0.4) is 0 Å². The largest absolute Gasteiger partial charge is 0.354 e. The van der Waals surface area contributed by atoms with Crippen molar-refractivity contribution in [3.8, 4) is 6.07 Å². The third-order valence-electron chi connectivity index (χ3n) is 4.27. The maximum absolute atomic E-state index is 9.28. The van der Waals surface area contributed by atoms with E-state index in [-0.39, 0.29) is 5.41 Å². The van der Waals surface area contributed by atoms with E-state index in [1.165, 1.54) is 0 Å². The Kier molecular flexibility index (Phi) is 5.00. The summed E-state index contributed by atoms with van der Waals surface area (Å²) in [7, 11) is 0. The first-order valence-electron chi connectivity index (χ1n) is 8.63. The Labute approximate surface area is 148 Å². The molecule has 0 spiro atoms. The van der Waals surface area contributed by atoms with Crippen molar-refractivity contribution in [1.29, 1.82) is 5.26 Å². The lowest BCUT2D eigenvalue weighted by Crippen LogP contribution is -2.31. The molecule has 1 saturated heterocycles. The highest BCUT2D eigenvalue weighted by Crippen LogP contribution is 2.21. The minimum absolute atomic E-state index is 0.131. The molecule has 0 atom stereocenters. The first kappa shape index (κ1) is 17.4. The highest BCUT2D eigenvalue weighted by Gasteiger charge is 2.23. The molecule has 7 heteroatoms. The number of rotatable bonds is 3. The van der Waals surface area contributed by atoms with Crippen LogP contribution in [-0.2, 0) is 12.0 Å². The lowest BCUT2D eigenvalue weighted by atomic mass is 9.97. The van der Waals surface area contributed by atoms with Crippen molar-refractivity contribution in [3.05, 3.63) is 35.6 Å². The predicted octanol–water partition coefficient (Wildman–Crippen LogP) is 2.35. The normalized spacial score (nSPS) is 16.5. The number of hydrogen-bond donors (Lipinski definition) is 0. The van der Waals surface area contributed by atoms with Crippen LogP contribution < -0.4 is 4.90 Å². The van der Waals surface area contributed by atoms with Gasteiger partial charge in [-0.15, -0.1) is 0 Å². The molecule has 1 aliphatic rings. The van der Waals surface area contributed by atoms with E-state index >= 15 is 0 Å². The van der Waals surface area contributed by atoms with Gasteiger partial charge in [-0.2, -0.15) is 10.2 Å². The van der Waals surface area contributed by atoms with Crippen LogP contribution in [0.1, 0.15) is 44.5 Å². The lowest BCUT2D eigenvalue weighted by Gasteiger charge is -2.22. The standard InChI is InChI=1S/C18H24N6O/c1-18(2,3)17-21-15(22-25-17)13-23-8-5-9-24(11-10-23)16-14(12-19)6-4-7-20-16/h4,6-7H,5,8-11,13H2,1-3H3. The summed E-state index contributed by atoms with van der Waals surface area (Å²) in [5.74, 6) is 2.18. The summed E-state index contributed by atoms with van der Waals surface area (Å²) in [6, 6.07) is 5.85. The van der Waals surface area contributed by atoms with Gasteiger partial charge in [-0.05, 0) is 18.6 Å². The van der Waals surface area contributed by atoms with Crippen LogP contribution in [-0.4, -0.2) is 46.2 Å². The minimum atomic E-state index is -0.131. The van der Waals surface area contributed by atoms with Crippen molar-refractivity contribution in [1.82, 2.24) is 20.0 Å². The molecule has 2 aromatic rings. The van der Waals surface area contributed by atoms with E-state index < -0.39 is 0 Å². The smallest absolute Gasteiger partial charge is 0.232 e. The molecule has 0 unspecified atom stereocenters. The molecule has 132 valence electrons. The van der Waals surface area contributed by atoms with E-state index in [2.05, 4.69) is 51.8 Å². The van der Waals surface area contributed by atoms with Crippen molar-refractivity contribution < 1.29 is 4.52 Å². The quantitative estimate of drug-likeness (QED) is 0.848. The Morgan fingerprint density at radius 1 is 1.24 bits per heavy atom. The molecule has 0 aliphatic carbocycles. The highest BCUT2D eigenvalue weighted by molar-refractivity contribution is 5.53. The fraction of sp³-hybridized carbons (Fsp3) is 0.556. The number of nitriles is 1. The Hall–Kier alpha value is -2.46. The predicted molar refractivity (Wildman–Crippen MR) is 94.1 cm³/mol. The van der Waals surface area contributed by atoms with Crippen LogP contribution >= 0.6 is 0 Å². The molecule has 0 saturated carbocycles. The average Bonchev–Trinajstić information content (AvgIpc) is 2.94. The number of pyridine rings is 1. The lowest BCUT2D eigenvalue weighted by molar-refractivity contribution is 0.269. The third kappa shape index (κ3) is 4.15. The van der Waals surface area contributed by atoms with Gasteiger partial charge in [0.2, 0.25) is 5.89 Å². The van der Waals surface area contributed by atoms with Gasteiger partial charge in [-0.3, -0.25) is 4.90 Å². The topological polar surface area (TPSA) is 82.1 Å². The molecule has 3 heterocycles. The van der Waals surface area contributed by atoms with E-state index in [9.17, 15) is 5.26 Å². The summed E-state index contributed by atoms with van der Waals surface area (Å²) in [6.07, 6.45) is 2.75. The van der Waals surface area contributed by atoms with Crippen molar-refractivity contribution in [2.75, 3.05) is 31.1 Å². The van der Waals surface area contributed by atoms with Crippen LogP contribution in [0.2, 0.25) is 0 Å². The van der Waals surface area contributed by atoms with Crippen LogP contribution in [0.15, 0.2) is 22.9 Å². The SMILES string of the molecule is CC(C)(C)c1nc(CN2CCCN(c3ncccc3C#N)CC2)no1. The molecule has 2 aromatic heterocycles. The zero-order valence-electron chi connectivity index (χ0n) is 15.1. The molecule has 7 nitrogen and oxygen atoms in total. The molecular formula is C18H24N6O. The van der Waals surface area contributed by atoms with Crippen molar-refractivity contribution in [2.45, 2.75) is 39.2 Å². The highest BCUT2D eigenvalue weighted by atomic mass is 16.5. The van der Waals surface area contributed by atoms with Gasteiger partial charge in [0.15, 0.2) is 5.82 Å². The Morgan fingerprint density at radius 2 is 2.08 bits per heavy atom. The maximum atomic E-state index is 9.28. The Bertz CT molecular complexity index is 757. The van der Waals surface area contributed by atoms with Gasteiger partial charge >= 0.3 is 0 Å². The summed E-state index contributed by atoms with van der Waals surface area (Å²) in [6.45, 7) is 10.4. The number of aromatic nitrogens is 3. The van der Waals surface area contributed by atoms with E-state index in [1.54, 1.807) is 12.3 Å². The maximum Gasteiger partial charge on any atom is 0.232 e. The molecule has 0 radical (unpaired) electrons. The summed E-state index contributed by atoms with van der Waals surface area (Å²) >= 11 is 0. The summed E-state index contributed by atoms with van der Waals surface area (Å²) < 4.78 is 5.38. The summed E-state index contributed by atoms with van der Waals surface area (Å²) in [4.78, 5) is 13.4. The van der Waals surface area contributed by atoms with Gasteiger partial charge in [0.25, 0.3) is 0 Å². The second kappa shape index (κ2) is 7.19. The zero-order valence-corrected chi connectivity index (χ0v) is 15.1. The Balaban J connectivity index is 1.64. The van der Waals surface area contributed by atoms with Gasteiger partial charge in [0.05, 0.1) is 12.1 Å². The molecular weight excluding hydrogens is 316 g/mol. The molecule has 0 aromatic carbocycles. The first-order chi connectivity index (χ1) is 12.0. The van der Waals surface area contributed by atoms with Crippen molar-refractivity contribution in [2.24, 2.45) is 0 Å². The fourth-order valence-corrected chi connectivity index (χ4v) is 2.90. The van der Waals surface area contributed by atoms with Crippen LogP contribution in [0.4, 0.5) is 5.82 Å². The van der Waals surface area contributed by atoms with Gasteiger partial charge in [0.1, 0.15) is 11.9 Å².